The van der Waals surface area contributed by atoms with Gasteiger partial charge in [0.05, 0.1) is 6.54 Å². The number of primary amides is 1. The first-order chi connectivity index (χ1) is 12.1. The van der Waals surface area contributed by atoms with Gasteiger partial charge < -0.3 is 5.73 Å². The van der Waals surface area contributed by atoms with Crippen LogP contribution in [-0.4, -0.2) is 44.4 Å². The molecule has 2 aromatic rings. The molecule has 2 N–H and O–H groups in total. The smallest absolute Gasteiger partial charge is 0.218 e. The molecule has 0 saturated carbocycles. The second-order valence-corrected chi connectivity index (χ2v) is 7.61. The maximum atomic E-state index is 11.0. The number of benzene rings is 1. The fourth-order valence-corrected chi connectivity index (χ4v) is 3.96. The summed E-state index contributed by atoms with van der Waals surface area (Å²) in [7, 11) is 0. The molecule has 1 amide bonds. The highest BCUT2D eigenvalue weighted by molar-refractivity contribution is 7.99. The largest absolute Gasteiger partial charge is 0.370 e. The lowest BCUT2D eigenvalue weighted by Crippen LogP contribution is -2.30. The molecular formula is C17H22ClN5OS. The van der Waals surface area contributed by atoms with Crippen LogP contribution in [0, 0.1) is 0 Å². The quantitative estimate of drug-likeness (QED) is 0.748. The van der Waals surface area contributed by atoms with E-state index in [0.717, 1.165) is 36.3 Å². The van der Waals surface area contributed by atoms with Crippen molar-refractivity contribution in [3.05, 3.63) is 35.1 Å². The van der Waals surface area contributed by atoms with Gasteiger partial charge in [0.25, 0.3) is 0 Å². The maximum absolute atomic E-state index is 11.0. The molecule has 1 aromatic heterocycles. The zero-order valence-corrected chi connectivity index (χ0v) is 15.6. The van der Waals surface area contributed by atoms with Crippen molar-refractivity contribution >= 4 is 29.3 Å². The Morgan fingerprint density at radius 1 is 1.16 bits per heavy atom. The molecule has 2 heterocycles. The zero-order chi connectivity index (χ0) is 17.6. The first kappa shape index (κ1) is 18.2. The van der Waals surface area contributed by atoms with Crippen LogP contribution in [0.5, 0.6) is 0 Å². The maximum Gasteiger partial charge on any atom is 0.218 e. The molecule has 0 unspecified atom stereocenters. The van der Waals surface area contributed by atoms with Crippen molar-refractivity contribution in [3.8, 4) is 5.69 Å². The van der Waals surface area contributed by atoms with Crippen LogP contribution in [0.25, 0.3) is 5.69 Å². The minimum Gasteiger partial charge on any atom is -0.370 e. The average molecular weight is 380 g/mol. The van der Waals surface area contributed by atoms with E-state index in [1.54, 1.807) is 0 Å². The number of nitrogens with two attached hydrogens (primary N) is 1. The Morgan fingerprint density at radius 3 is 2.56 bits per heavy atom. The van der Waals surface area contributed by atoms with Gasteiger partial charge in [-0.2, -0.15) is 0 Å². The van der Waals surface area contributed by atoms with Crippen LogP contribution in [0.4, 0.5) is 0 Å². The predicted octanol–water partition coefficient (Wildman–Crippen LogP) is 2.87. The molecule has 8 heteroatoms. The Bertz CT molecular complexity index is 712. The third kappa shape index (κ3) is 4.96. The molecule has 3 rings (SSSR count). The van der Waals surface area contributed by atoms with Gasteiger partial charge in [-0.05, 0) is 50.2 Å². The first-order valence-electron chi connectivity index (χ1n) is 8.47. The normalized spacial score (nSPS) is 15.4. The lowest BCUT2D eigenvalue weighted by atomic mass is 10.1. The summed E-state index contributed by atoms with van der Waals surface area (Å²) in [5.41, 5.74) is 6.21. The molecule has 1 fully saturated rings. The van der Waals surface area contributed by atoms with Gasteiger partial charge in [-0.3, -0.25) is 14.3 Å². The number of amides is 1. The molecule has 0 aliphatic carbocycles. The molecule has 134 valence electrons. The molecule has 0 atom stereocenters. The summed E-state index contributed by atoms with van der Waals surface area (Å²) in [6.07, 6.45) is 4.08. The third-order valence-corrected chi connectivity index (χ3v) is 5.36. The number of thioether (sulfide) groups is 1. The molecule has 0 spiro atoms. The van der Waals surface area contributed by atoms with Gasteiger partial charge in [-0.15, -0.1) is 10.2 Å². The number of hydrogen-bond acceptors (Lipinski definition) is 5. The Balaban J connectivity index is 1.84. The van der Waals surface area contributed by atoms with E-state index in [-0.39, 0.29) is 5.91 Å². The van der Waals surface area contributed by atoms with Gasteiger partial charge in [0.1, 0.15) is 0 Å². The van der Waals surface area contributed by atoms with Gasteiger partial charge in [0, 0.05) is 22.9 Å². The van der Waals surface area contributed by atoms with E-state index in [1.807, 2.05) is 24.3 Å². The molecular weight excluding hydrogens is 358 g/mol. The van der Waals surface area contributed by atoms with E-state index in [9.17, 15) is 4.79 Å². The van der Waals surface area contributed by atoms with Crippen LogP contribution in [0.1, 0.15) is 31.5 Å². The topological polar surface area (TPSA) is 77.0 Å². The van der Waals surface area contributed by atoms with Crippen LogP contribution in [-0.2, 0) is 11.3 Å². The zero-order valence-electron chi connectivity index (χ0n) is 14.0. The first-order valence-corrected chi connectivity index (χ1v) is 9.83. The third-order valence-electron chi connectivity index (χ3n) is 4.18. The van der Waals surface area contributed by atoms with Gasteiger partial charge in [-0.1, -0.05) is 29.8 Å². The fraction of sp³-hybridized carbons (Fsp3) is 0.471. The number of halogens is 1. The van der Waals surface area contributed by atoms with Crippen molar-refractivity contribution < 1.29 is 4.79 Å². The number of carbonyl (C=O) groups is 1. The van der Waals surface area contributed by atoms with E-state index >= 15 is 0 Å². The minimum atomic E-state index is -0.307. The van der Waals surface area contributed by atoms with Gasteiger partial charge in [0.15, 0.2) is 11.0 Å². The van der Waals surface area contributed by atoms with Crippen molar-refractivity contribution in [2.45, 2.75) is 37.4 Å². The second-order valence-electron chi connectivity index (χ2n) is 6.11. The van der Waals surface area contributed by atoms with Gasteiger partial charge >= 0.3 is 0 Å². The van der Waals surface area contributed by atoms with E-state index in [4.69, 9.17) is 17.3 Å². The summed E-state index contributed by atoms with van der Waals surface area (Å²) in [6.45, 7) is 2.96. The van der Waals surface area contributed by atoms with Crippen LogP contribution in [0.15, 0.2) is 29.4 Å². The van der Waals surface area contributed by atoms with Crippen LogP contribution in [0.2, 0.25) is 5.02 Å². The Morgan fingerprint density at radius 2 is 1.88 bits per heavy atom. The molecule has 0 radical (unpaired) electrons. The van der Waals surface area contributed by atoms with Crippen LogP contribution >= 0.6 is 23.4 Å². The van der Waals surface area contributed by atoms with Crippen LogP contribution in [0.3, 0.4) is 0 Å². The molecule has 1 aliphatic rings. The minimum absolute atomic E-state index is 0.307. The summed E-state index contributed by atoms with van der Waals surface area (Å²) < 4.78 is 2.05. The highest BCUT2D eigenvalue weighted by Crippen LogP contribution is 2.25. The number of piperidine rings is 1. The SMILES string of the molecule is NC(=O)CCSc1nnc(CN2CCCCC2)n1-c1ccc(Cl)cc1. The number of carbonyl (C=O) groups excluding carboxylic acids is 1. The van der Waals surface area contributed by atoms with Crippen molar-refractivity contribution in [2.24, 2.45) is 5.73 Å². The Labute approximate surface area is 156 Å². The van der Waals surface area contributed by atoms with E-state index in [2.05, 4.69) is 19.7 Å². The average Bonchev–Trinajstić information content (AvgIpc) is 2.99. The Kier molecular flexibility index (Phi) is 6.34. The predicted molar refractivity (Wildman–Crippen MR) is 100 cm³/mol. The molecule has 25 heavy (non-hydrogen) atoms. The fourth-order valence-electron chi connectivity index (χ4n) is 2.91. The number of likely N-dealkylation sites (tertiary alicyclic amines) is 1. The van der Waals surface area contributed by atoms with Crippen molar-refractivity contribution in [1.29, 1.82) is 0 Å². The number of rotatable bonds is 7. The molecule has 1 saturated heterocycles. The summed E-state index contributed by atoms with van der Waals surface area (Å²) in [6, 6.07) is 7.64. The number of nitrogens with zero attached hydrogens (tertiary/aromatic N) is 4. The van der Waals surface area contributed by atoms with Gasteiger partial charge in [-0.25, -0.2) is 0 Å². The van der Waals surface area contributed by atoms with Crippen LogP contribution < -0.4 is 5.73 Å². The van der Waals surface area contributed by atoms with Crippen molar-refractivity contribution in [3.63, 3.8) is 0 Å². The molecule has 1 aliphatic heterocycles. The highest BCUT2D eigenvalue weighted by Gasteiger charge is 2.18. The lowest BCUT2D eigenvalue weighted by molar-refractivity contribution is -0.117. The Hall–Kier alpha value is -1.57. The molecule has 6 nitrogen and oxygen atoms in total. The number of hydrogen-bond donors (Lipinski definition) is 1. The molecule has 0 bridgehead atoms. The summed E-state index contributed by atoms with van der Waals surface area (Å²) >= 11 is 7.52. The number of aromatic nitrogens is 3. The van der Waals surface area contributed by atoms with E-state index in [1.165, 1.54) is 31.0 Å². The second kappa shape index (κ2) is 8.69. The van der Waals surface area contributed by atoms with Crippen molar-refractivity contribution in [2.75, 3.05) is 18.8 Å². The molecule has 1 aromatic carbocycles. The summed E-state index contributed by atoms with van der Waals surface area (Å²) in [5, 5.41) is 10.2. The summed E-state index contributed by atoms with van der Waals surface area (Å²) in [5.74, 6) is 1.19. The van der Waals surface area contributed by atoms with E-state index < -0.39 is 0 Å². The highest BCUT2D eigenvalue weighted by atomic mass is 35.5. The van der Waals surface area contributed by atoms with Crippen molar-refractivity contribution in [1.82, 2.24) is 19.7 Å². The summed E-state index contributed by atoms with van der Waals surface area (Å²) in [4.78, 5) is 13.4. The monoisotopic (exact) mass is 379 g/mol. The van der Waals surface area contributed by atoms with E-state index in [0.29, 0.717) is 17.2 Å². The van der Waals surface area contributed by atoms with Gasteiger partial charge in [0.2, 0.25) is 5.91 Å². The lowest BCUT2D eigenvalue weighted by Gasteiger charge is -2.26. The standard InChI is InChI=1S/C17H22ClN5OS/c18-13-4-6-14(7-5-13)23-16(12-22-9-2-1-3-10-22)20-21-17(23)25-11-8-15(19)24/h4-7H,1-3,8-12H2,(H2,19,24).